The topological polar surface area (TPSA) is 74.7 Å². The lowest BCUT2D eigenvalue weighted by Gasteiger charge is -2.61. The summed E-state index contributed by atoms with van der Waals surface area (Å²) in [6, 6.07) is 0. The van der Waals surface area contributed by atoms with Gasteiger partial charge in [0, 0.05) is 5.41 Å². The molecule has 4 aliphatic rings. The zero-order valence-corrected chi connectivity index (χ0v) is 22.2. The highest BCUT2D eigenvalue weighted by molar-refractivity contribution is 6.74. The fourth-order valence-electron chi connectivity index (χ4n) is 7.83. The van der Waals surface area contributed by atoms with Crippen molar-refractivity contribution >= 4 is 14.1 Å². The molecular weight excluding hydrogens is 416 g/mol. The average molecular weight is 458 g/mol. The van der Waals surface area contributed by atoms with E-state index in [0.29, 0.717) is 17.9 Å². The number of aliphatic hydroxyl groups is 1. The number of hydrogen-bond donors (Lipinski definition) is 1. The molecule has 0 spiro atoms. The molecule has 0 amide bonds. The first-order valence-electron chi connectivity index (χ1n) is 12.3. The first-order chi connectivity index (χ1) is 14.6. The third-order valence-corrected chi connectivity index (χ3v) is 15.2. The molecule has 6 heteroatoms. The number of diazo groups is 1. The maximum Gasteiger partial charge on any atom is 0.388 e. The van der Waals surface area contributed by atoms with Crippen LogP contribution < -0.4 is 0 Å². The molecule has 0 radical (unpaired) electrons. The summed E-state index contributed by atoms with van der Waals surface area (Å²) < 4.78 is 7.14. The molecule has 0 saturated heterocycles. The molecule has 4 aliphatic carbocycles. The molecule has 3 saturated carbocycles. The van der Waals surface area contributed by atoms with Gasteiger partial charge < -0.3 is 9.53 Å². The minimum atomic E-state index is -1.90. The lowest BCUT2D eigenvalue weighted by Crippen LogP contribution is -2.60. The number of carbonyl (C=O) groups is 1. The zero-order valence-electron chi connectivity index (χ0n) is 21.2. The SMILES string of the molecule is CC1=CC[C@@H]2[C@@]3(C)CC[C@@]4(O[Si](C)(C)C(C)(C)C)C[C@@]4(C)[C@@H]3CC[C@@]2(/C(O)=C/[N+]#N)C1=O. The summed E-state index contributed by atoms with van der Waals surface area (Å²) in [7, 11) is -1.90. The van der Waals surface area contributed by atoms with Crippen molar-refractivity contribution in [3.05, 3.63) is 28.6 Å². The van der Waals surface area contributed by atoms with Crippen molar-refractivity contribution in [1.29, 1.82) is 5.39 Å². The van der Waals surface area contributed by atoms with Gasteiger partial charge in [0.2, 0.25) is 5.39 Å². The Balaban J connectivity index is 1.73. The van der Waals surface area contributed by atoms with Crippen molar-refractivity contribution in [2.75, 3.05) is 0 Å². The van der Waals surface area contributed by atoms with Crippen LogP contribution >= 0.6 is 0 Å². The Labute approximate surface area is 194 Å². The van der Waals surface area contributed by atoms with Gasteiger partial charge >= 0.3 is 6.20 Å². The predicted octanol–water partition coefficient (Wildman–Crippen LogP) is 7.14. The molecule has 5 nitrogen and oxygen atoms in total. The van der Waals surface area contributed by atoms with Crippen LogP contribution in [0.2, 0.25) is 18.1 Å². The Kier molecular flexibility index (Phi) is 5.03. The molecule has 0 aromatic carbocycles. The molecule has 176 valence electrons. The summed E-state index contributed by atoms with van der Waals surface area (Å²) in [6.45, 7) is 18.2. The highest BCUT2D eigenvalue weighted by Crippen LogP contribution is 2.79. The van der Waals surface area contributed by atoms with Crippen molar-refractivity contribution < 1.29 is 14.3 Å². The molecule has 32 heavy (non-hydrogen) atoms. The van der Waals surface area contributed by atoms with Gasteiger partial charge in [-0.05, 0) is 86.4 Å². The van der Waals surface area contributed by atoms with Gasteiger partial charge in [0.1, 0.15) is 5.41 Å². The van der Waals surface area contributed by atoms with E-state index in [1.54, 1.807) is 0 Å². The second-order valence-electron chi connectivity index (χ2n) is 13.2. The Bertz CT molecular complexity index is 957. The number of carbonyl (C=O) groups excluding carboxylic acids is 1. The molecule has 0 unspecified atom stereocenters. The van der Waals surface area contributed by atoms with E-state index in [9.17, 15) is 9.90 Å². The van der Waals surface area contributed by atoms with Crippen molar-refractivity contribution in [2.24, 2.45) is 28.1 Å². The van der Waals surface area contributed by atoms with E-state index in [1.165, 1.54) is 0 Å². The van der Waals surface area contributed by atoms with E-state index < -0.39 is 13.7 Å². The normalized spacial score (nSPS) is 44.0. The quantitative estimate of drug-likeness (QED) is 0.277. The summed E-state index contributed by atoms with van der Waals surface area (Å²) in [5, 5.41) is 20.4. The maximum atomic E-state index is 13.5. The van der Waals surface area contributed by atoms with Crippen LogP contribution in [-0.2, 0) is 9.22 Å². The fraction of sp³-hybridized carbons (Fsp3) is 0.808. The van der Waals surface area contributed by atoms with Crippen LogP contribution in [0.3, 0.4) is 0 Å². The van der Waals surface area contributed by atoms with Crippen LogP contribution in [0.15, 0.2) is 23.6 Å². The molecule has 0 aromatic rings. The molecule has 0 aliphatic heterocycles. The Morgan fingerprint density at radius 3 is 2.50 bits per heavy atom. The Hall–Kier alpha value is -1.45. The van der Waals surface area contributed by atoms with Crippen LogP contribution in [0, 0.1) is 33.5 Å². The Morgan fingerprint density at radius 2 is 1.91 bits per heavy atom. The molecule has 1 N–H and O–H groups in total. The number of allylic oxidation sites excluding steroid dienone is 3. The van der Waals surface area contributed by atoms with Crippen LogP contribution in [0.25, 0.3) is 4.98 Å². The van der Waals surface area contributed by atoms with Gasteiger partial charge in [-0.3, -0.25) is 4.79 Å². The van der Waals surface area contributed by atoms with Gasteiger partial charge in [-0.25, -0.2) is 0 Å². The minimum absolute atomic E-state index is 0.00105. The molecule has 0 bridgehead atoms. The first kappa shape index (κ1) is 23.7. The van der Waals surface area contributed by atoms with Crippen LogP contribution in [0.5, 0.6) is 0 Å². The van der Waals surface area contributed by atoms with Crippen molar-refractivity contribution in [1.82, 2.24) is 0 Å². The summed E-state index contributed by atoms with van der Waals surface area (Å²) in [4.78, 5) is 16.6. The smallest absolute Gasteiger partial charge is 0.388 e. The maximum absolute atomic E-state index is 13.5. The lowest BCUT2D eigenvalue weighted by molar-refractivity contribution is -0.156. The number of ketones is 1. The standard InChI is InChI=1S/C26H40N2O3Si/c1-17-9-10-19-23(5)13-14-25(31-32(7,8)22(2,3)4)16-24(25,6)18(23)11-12-26(19,21(17)30)20(29)15-28-27/h9,15,18-19H,10-14,16H2,1-8H3/p+1/b20-15-/t18-,19-,23+,24+,25-,26-/m1/s1. The van der Waals surface area contributed by atoms with E-state index >= 15 is 0 Å². The lowest BCUT2D eigenvalue weighted by atomic mass is 9.42. The first-order valence-corrected chi connectivity index (χ1v) is 15.2. The van der Waals surface area contributed by atoms with E-state index in [2.05, 4.69) is 58.8 Å². The number of fused-ring (bicyclic) bond motifs is 5. The molecule has 0 heterocycles. The van der Waals surface area contributed by atoms with E-state index in [4.69, 9.17) is 9.82 Å². The molecule has 6 atom stereocenters. The van der Waals surface area contributed by atoms with Gasteiger partial charge in [0.25, 0.3) is 0 Å². The predicted molar refractivity (Wildman–Crippen MR) is 129 cm³/mol. The molecular formula is C26H41N2O3Si+. The highest BCUT2D eigenvalue weighted by atomic mass is 28.4. The highest BCUT2D eigenvalue weighted by Gasteiger charge is 2.78. The fourth-order valence-corrected chi connectivity index (χ4v) is 9.52. The molecule has 0 aromatic heterocycles. The van der Waals surface area contributed by atoms with E-state index in [-0.39, 0.29) is 38.9 Å². The second kappa shape index (κ2) is 6.79. The van der Waals surface area contributed by atoms with Gasteiger partial charge in [-0.1, -0.05) is 40.7 Å². The third-order valence-electron chi connectivity index (χ3n) is 10.7. The van der Waals surface area contributed by atoms with Crippen molar-refractivity contribution in [3.8, 4) is 0 Å². The zero-order chi connectivity index (χ0) is 24.0. The van der Waals surface area contributed by atoms with Crippen molar-refractivity contribution in [2.45, 2.75) is 104 Å². The van der Waals surface area contributed by atoms with E-state index in [0.717, 1.165) is 38.3 Å². The molecule has 4 rings (SSSR count). The number of rotatable bonds is 3. The van der Waals surface area contributed by atoms with Gasteiger partial charge in [-0.2, -0.15) is 0 Å². The van der Waals surface area contributed by atoms with Gasteiger partial charge in [0.15, 0.2) is 24.8 Å². The largest absolute Gasteiger partial charge is 0.505 e. The average Bonchev–Trinajstić information content (AvgIpc) is 3.27. The van der Waals surface area contributed by atoms with Crippen LogP contribution in [-0.4, -0.2) is 24.8 Å². The Morgan fingerprint density at radius 1 is 1.25 bits per heavy atom. The summed E-state index contributed by atoms with van der Waals surface area (Å²) in [6.07, 6.45) is 8.52. The number of Topliss-reactive ketones (excluding diaryl/α,β-unsaturated/α-hetero) is 1. The van der Waals surface area contributed by atoms with E-state index in [1.807, 2.05) is 6.92 Å². The number of aliphatic hydroxyl groups excluding tert-OH is 1. The second-order valence-corrected chi connectivity index (χ2v) is 17.9. The van der Waals surface area contributed by atoms with Gasteiger partial charge in [-0.15, -0.1) is 0 Å². The third kappa shape index (κ3) is 2.83. The van der Waals surface area contributed by atoms with Gasteiger partial charge in [0.05, 0.1) is 5.60 Å². The summed E-state index contributed by atoms with van der Waals surface area (Å²) in [5.74, 6) is 0.384. The van der Waals surface area contributed by atoms with Crippen molar-refractivity contribution in [3.63, 3.8) is 0 Å². The number of hydrogen-bond acceptors (Lipinski definition) is 4. The van der Waals surface area contributed by atoms with Crippen LogP contribution in [0.4, 0.5) is 0 Å². The summed E-state index contributed by atoms with van der Waals surface area (Å²) in [5.41, 5.74) is -0.259. The number of nitrogens with zero attached hydrogens (tertiary/aromatic N) is 2. The monoisotopic (exact) mass is 457 g/mol. The minimum Gasteiger partial charge on any atom is -0.505 e. The molecule has 3 fully saturated rings. The van der Waals surface area contributed by atoms with Crippen LogP contribution in [0.1, 0.15) is 80.1 Å². The summed E-state index contributed by atoms with van der Waals surface area (Å²) >= 11 is 0.